The Hall–Kier alpha value is -1.12. The van der Waals surface area contributed by atoms with Crippen molar-refractivity contribution >= 4 is 5.71 Å². The van der Waals surface area contributed by atoms with E-state index in [1.54, 1.807) is 13.0 Å². The Morgan fingerprint density at radius 1 is 1.50 bits per heavy atom. The van der Waals surface area contributed by atoms with Crippen molar-refractivity contribution in [3.63, 3.8) is 0 Å². The lowest BCUT2D eigenvalue weighted by molar-refractivity contribution is 0.312. The van der Waals surface area contributed by atoms with Crippen molar-refractivity contribution in [2.45, 2.75) is 39.8 Å². The van der Waals surface area contributed by atoms with E-state index in [1.807, 2.05) is 13.0 Å². The van der Waals surface area contributed by atoms with E-state index in [-0.39, 0.29) is 0 Å². The van der Waals surface area contributed by atoms with Crippen molar-refractivity contribution < 1.29 is 4.39 Å². The molecule has 0 spiro atoms. The molecule has 0 aromatic heterocycles. The molecule has 0 aliphatic rings. The van der Waals surface area contributed by atoms with Gasteiger partial charge in [-0.25, -0.2) is 4.39 Å². The fourth-order valence-corrected chi connectivity index (χ4v) is 0.692. The van der Waals surface area contributed by atoms with Crippen molar-refractivity contribution in [2.24, 2.45) is 10.7 Å². The maximum atomic E-state index is 13.2. The van der Waals surface area contributed by atoms with Gasteiger partial charge in [0.15, 0.2) is 0 Å². The number of halogens is 1. The summed E-state index contributed by atoms with van der Waals surface area (Å²) < 4.78 is 13.2. The predicted octanol–water partition coefficient (Wildman–Crippen LogP) is 2.96. The molecule has 0 atom stereocenters. The van der Waals surface area contributed by atoms with Gasteiger partial charge in [0.25, 0.3) is 0 Å². The molecule has 0 radical (unpaired) electrons. The van der Waals surface area contributed by atoms with E-state index in [0.717, 1.165) is 6.42 Å². The van der Waals surface area contributed by atoms with Gasteiger partial charge in [0, 0.05) is 11.9 Å². The second kappa shape index (κ2) is 5.58. The highest BCUT2D eigenvalue weighted by Crippen LogP contribution is 2.10. The average molecular weight is 198 g/mol. The van der Waals surface area contributed by atoms with E-state index in [1.165, 1.54) is 20.0 Å². The zero-order valence-corrected chi connectivity index (χ0v) is 9.34. The summed E-state index contributed by atoms with van der Waals surface area (Å²) in [6, 6.07) is 0. The number of hydrogen-bond acceptors (Lipinski definition) is 2. The first-order valence-corrected chi connectivity index (χ1v) is 4.74. The molecule has 0 fully saturated rings. The maximum Gasteiger partial charge on any atom is 0.143 e. The van der Waals surface area contributed by atoms with Gasteiger partial charge in [0.1, 0.15) is 5.67 Å². The molecule has 0 aromatic rings. The largest absolute Gasteiger partial charge is 0.399 e. The quantitative estimate of drug-likeness (QED) is 0.547. The van der Waals surface area contributed by atoms with Crippen LogP contribution in [0.4, 0.5) is 4.39 Å². The van der Waals surface area contributed by atoms with Crippen LogP contribution < -0.4 is 5.73 Å². The van der Waals surface area contributed by atoms with Gasteiger partial charge in [-0.3, -0.25) is 4.99 Å². The molecule has 0 aliphatic heterocycles. The van der Waals surface area contributed by atoms with Crippen molar-refractivity contribution in [1.82, 2.24) is 0 Å². The second-order valence-corrected chi connectivity index (χ2v) is 3.62. The molecular formula is C11H19FN2. The maximum absolute atomic E-state index is 13.2. The van der Waals surface area contributed by atoms with Crippen LogP contribution in [0.2, 0.25) is 0 Å². The Morgan fingerprint density at radius 3 is 2.50 bits per heavy atom. The summed E-state index contributed by atoms with van der Waals surface area (Å²) >= 11 is 0. The van der Waals surface area contributed by atoms with Gasteiger partial charge in [0.05, 0.1) is 5.71 Å². The van der Waals surface area contributed by atoms with E-state index < -0.39 is 5.67 Å². The molecule has 0 aliphatic carbocycles. The number of alkyl halides is 1. The van der Waals surface area contributed by atoms with Gasteiger partial charge in [0.2, 0.25) is 0 Å². The van der Waals surface area contributed by atoms with Gasteiger partial charge in [-0.1, -0.05) is 13.0 Å². The minimum Gasteiger partial charge on any atom is -0.399 e. The number of nitrogens with two attached hydrogens (primary N) is 1. The van der Waals surface area contributed by atoms with E-state index >= 15 is 0 Å². The molecule has 80 valence electrons. The summed E-state index contributed by atoms with van der Waals surface area (Å²) in [4.78, 5) is 3.96. The molecule has 0 amide bonds. The molecule has 0 unspecified atom stereocenters. The monoisotopic (exact) mass is 198 g/mol. The highest BCUT2D eigenvalue weighted by atomic mass is 19.1. The molecule has 3 heteroatoms. The molecule has 2 nitrogen and oxygen atoms in total. The third kappa shape index (κ3) is 5.51. The van der Waals surface area contributed by atoms with Gasteiger partial charge in [-0.15, -0.1) is 0 Å². The van der Waals surface area contributed by atoms with Crippen molar-refractivity contribution in [2.75, 3.05) is 0 Å². The van der Waals surface area contributed by atoms with Crippen LogP contribution in [0.3, 0.4) is 0 Å². The van der Waals surface area contributed by atoms with Crippen LogP contribution in [0.5, 0.6) is 0 Å². The molecule has 0 bridgehead atoms. The van der Waals surface area contributed by atoms with Crippen molar-refractivity contribution in [1.29, 1.82) is 0 Å². The Bertz CT molecular complexity index is 257. The minimum absolute atomic E-state index is 0.443. The van der Waals surface area contributed by atoms with E-state index in [4.69, 9.17) is 5.73 Å². The predicted molar refractivity (Wildman–Crippen MR) is 60.0 cm³/mol. The third-order valence-electron chi connectivity index (χ3n) is 1.84. The molecule has 0 rings (SSSR count). The number of rotatable bonds is 4. The SMILES string of the molecule is CC/C=C(N)/C=C\N=C(C)C(C)(C)F. The first kappa shape index (κ1) is 12.9. The summed E-state index contributed by atoms with van der Waals surface area (Å²) in [6.07, 6.45) is 5.95. The smallest absolute Gasteiger partial charge is 0.143 e. The Balaban J connectivity index is 4.36. The molecule has 0 aromatic carbocycles. The molecule has 0 saturated heterocycles. The Kier molecular flexibility index (Phi) is 5.13. The zero-order chi connectivity index (χ0) is 11.2. The number of nitrogens with zero attached hydrogens (tertiary/aromatic N) is 1. The topological polar surface area (TPSA) is 38.4 Å². The van der Waals surface area contributed by atoms with Crippen molar-refractivity contribution in [3.8, 4) is 0 Å². The van der Waals surface area contributed by atoms with E-state index in [9.17, 15) is 4.39 Å². The van der Waals surface area contributed by atoms with Crippen LogP contribution in [0.15, 0.2) is 29.0 Å². The average Bonchev–Trinajstić information content (AvgIpc) is 2.02. The summed E-state index contributed by atoms with van der Waals surface area (Å²) in [7, 11) is 0. The lowest BCUT2D eigenvalue weighted by Gasteiger charge is -2.11. The number of aliphatic imine (C=N–C) groups is 1. The van der Waals surface area contributed by atoms with E-state index in [2.05, 4.69) is 4.99 Å². The van der Waals surface area contributed by atoms with Crippen LogP contribution in [0, 0.1) is 0 Å². The lowest BCUT2D eigenvalue weighted by Crippen LogP contribution is -2.22. The summed E-state index contributed by atoms with van der Waals surface area (Å²) in [6.45, 7) is 6.61. The van der Waals surface area contributed by atoms with Gasteiger partial charge in [-0.05, 0) is 33.3 Å². The van der Waals surface area contributed by atoms with Crippen LogP contribution in [0.25, 0.3) is 0 Å². The van der Waals surface area contributed by atoms with Crippen LogP contribution in [0.1, 0.15) is 34.1 Å². The third-order valence-corrected chi connectivity index (χ3v) is 1.84. The molecule has 2 N–H and O–H groups in total. The van der Waals surface area contributed by atoms with Crippen molar-refractivity contribution in [3.05, 3.63) is 24.0 Å². The summed E-state index contributed by atoms with van der Waals surface area (Å²) in [5.74, 6) is 0. The normalized spacial score (nSPS) is 15.2. The zero-order valence-electron chi connectivity index (χ0n) is 9.34. The Morgan fingerprint density at radius 2 is 2.07 bits per heavy atom. The summed E-state index contributed by atoms with van der Waals surface area (Å²) in [5, 5.41) is 0. The summed E-state index contributed by atoms with van der Waals surface area (Å²) in [5.41, 5.74) is 5.32. The van der Waals surface area contributed by atoms with Gasteiger partial charge >= 0.3 is 0 Å². The van der Waals surface area contributed by atoms with Crippen LogP contribution in [-0.2, 0) is 0 Å². The fourth-order valence-electron chi connectivity index (χ4n) is 0.692. The standard InChI is InChI=1S/C11H19FN2/c1-5-6-10(13)7-8-14-9(2)11(3,4)12/h6-8H,5,13H2,1-4H3/b8-7-,10-6-,14-9?. The first-order valence-electron chi connectivity index (χ1n) is 4.74. The highest BCUT2D eigenvalue weighted by Gasteiger charge is 2.18. The molecule has 0 heterocycles. The molecule has 0 saturated carbocycles. The highest BCUT2D eigenvalue weighted by molar-refractivity contribution is 5.89. The first-order chi connectivity index (χ1) is 6.38. The van der Waals surface area contributed by atoms with Gasteiger partial charge < -0.3 is 5.73 Å². The van der Waals surface area contributed by atoms with Crippen LogP contribution >= 0.6 is 0 Å². The lowest BCUT2D eigenvalue weighted by atomic mass is 10.1. The van der Waals surface area contributed by atoms with E-state index in [0.29, 0.717) is 11.4 Å². The van der Waals surface area contributed by atoms with Gasteiger partial charge in [-0.2, -0.15) is 0 Å². The minimum atomic E-state index is -1.37. The second-order valence-electron chi connectivity index (χ2n) is 3.62. The Labute approximate surface area is 85.4 Å². The van der Waals surface area contributed by atoms with Crippen LogP contribution in [-0.4, -0.2) is 11.4 Å². The fraction of sp³-hybridized carbons (Fsp3) is 0.545. The molecule has 14 heavy (non-hydrogen) atoms. The number of allylic oxidation sites excluding steroid dienone is 2. The number of hydrogen-bond donors (Lipinski definition) is 1. The molecular weight excluding hydrogens is 179 g/mol.